The Balaban J connectivity index is 2.51. The number of hydrogen-bond donors (Lipinski definition) is 0. The maximum absolute atomic E-state index is 12.5. The molecule has 4 atom stereocenters. The molecule has 98 valence electrons. The first kappa shape index (κ1) is 14.7. The summed E-state index contributed by atoms with van der Waals surface area (Å²) < 4.78 is 1.91. The molecule has 1 aromatic rings. The molecule has 0 bridgehead atoms. The summed E-state index contributed by atoms with van der Waals surface area (Å²) in [4.78, 5) is 17.2. The molecule has 4 unspecified atom stereocenters. The number of hydrogen-bond acceptors (Lipinski definition) is 2. The van der Waals surface area contributed by atoms with Crippen LogP contribution in [0.5, 0.6) is 0 Å². The number of fused-ring (bicyclic) bond motifs is 1. The lowest BCUT2D eigenvalue weighted by atomic mass is 10.2. The van der Waals surface area contributed by atoms with Gasteiger partial charge in [-0.15, -0.1) is 8.93 Å². The molecule has 0 saturated carbocycles. The zero-order chi connectivity index (χ0) is 13.1. The third kappa shape index (κ3) is 2.91. The van der Waals surface area contributed by atoms with Crippen LogP contribution >= 0.6 is 33.1 Å². The molecule has 0 spiro atoms. The van der Waals surface area contributed by atoms with Gasteiger partial charge in [-0.1, -0.05) is 36.3 Å². The van der Waals surface area contributed by atoms with Crippen LogP contribution in [0.4, 0.5) is 0 Å². The predicted octanol–water partition coefficient (Wildman–Crippen LogP) is 2.89. The van der Waals surface area contributed by atoms with Gasteiger partial charge in [0.2, 0.25) is 0 Å². The molecule has 0 radical (unpaired) electrons. The van der Waals surface area contributed by atoms with Crippen molar-refractivity contribution in [3.63, 3.8) is 0 Å². The van der Waals surface area contributed by atoms with Gasteiger partial charge in [-0.3, -0.25) is 9.36 Å². The zero-order valence-corrected chi connectivity index (χ0v) is 14.6. The van der Waals surface area contributed by atoms with Crippen LogP contribution in [0.3, 0.4) is 0 Å². The summed E-state index contributed by atoms with van der Waals surface area (Å²) in [5, 5.41) is 0. The van der Waals surface area contributed by atoms with Gasteiger partial charge < -0.3 is 0 Å². The number of aromatic nitrogens is 2. The van der Waals surface area contributed by atoms with Crippen molar-refractivity contribution in [1.29, 1.82) is 0 Å². The summed E-state index contributed by atoms with van der Waals surface area (Å²) >= 11 is 0. The zero-order valence-electron chi connectivity index (χ0n) is 10.4. The second-order valence-corrected chi connectivity index (χ2v) is 13.2. The van der Waals surface area contributed by atoms with Crippen molar-refractivity contribution in [1.82, 2.24) is 9.55 Å². The summed E-state index contributed by atoms with van der Waals surface area (Å²) in [6.07, 6.45) is 6.88. The minimum atomic E-state index is -0.408. The highest BCUT2D eigenvalue weighted by Gasteiger charge is 2.19. The third-order valence-corrected chi connectivity index (χ3v) is 12.7. The van der Waals surface area contributed by atoms with Crippen LogP contribution in [0.15, 0.2) is 10.9 Å². The molecule has 1 aromatic heterocycles. The third-order valence-electron chi connectivity index (χ3n) is 2.96. The van der Waals surface area contributed by atoms with E-state index in [0.717, 1.165) is 50.6 Å². The number of allylic oxidation sites excluding steroid dienone is 1. The van der Waals surface area contributed by atoms with E-state index in [1.54, 1.807) is 0 Å². The Hall–Kier alpha value is 0.340. The Morgan fingerprint density at radius 1 is 1.61 bits per heavy atom. The molecule has 1 heterocycles. The van der Waals surface area contributed by atoms with Gasteiger partial charge in [-0.25, -0.2) is 4.98 Å². The van der Waals surface area contributed by atoms with Crippen LogP contribution < -0.4 is 11.1 Å². The van der Waals surface area contributed by atoms with Gasteiger partial charge in [0.15, 0.2) is 0 Å². The molecule has 1 aliphatic carbocycles. The molecule has 2 rings (SSSR count). The highest BCUT2D eigenvalue weighted by atomic mass is 32.6. The van der Waals surface area contributed by atoms with E-state index in [1.807, 2.05) is 16.7 Å². The monoisotopic (exact) mass is 318 g/mol. The summed E-state index contributed by atoms with van der Waals surface area (Å²) in [6.45, 7) is 2.95. The Kier molecular flexibility index (Phi) is 5.47. The maximum atomic E-state index is 12.5. The van der Waals surface area contributed by atoms with E-state index >= 15 is 0 Å². The van der Waals surface area contributed by atoms with Gasteiger partial charge in [0.05, 0.1) is 5.69 Å². The molecule has 18 heavy (non-hydrogen) atoms. The molecule has 7 heteroatoms. The van der Waals surface area contributed by atoms with Gasteiger partial charge in [-0.2, -0.15) is 0 Å². The van der Waals surface area contributed by atoms with Crippen molar-refractivity contribution >= 4 is 44.8 Å². The molecule has 0 saturated heterocycles. The summed E-state index contributed by atoms with van der Waals surface area (Å²) in [5.74, 6) is 0. The average molecular weight is 318 g/mol. The maximum Gasteiger partial charge on any atom is 0.257 e. The van der Waals surface area contributed by atoms with Crippen molar-refractivity contribution in [2.75, 3.05) is 0 Å². The fourth-order valence-electron chi connectivity index (χ4n) is 1.98. The molecule has 0 aromatic carbocycles. The van der Waals surface area contributed by atoms with Gasteiger partial charge in [0.25, 0.3) is 5.56 Å². The van der Waals surface area contributed by atoms with Crippen molar-refractivity contribution in [3.05, 3.63) is 27.7 Å². The normalized spacial score (nSPS) is 15.5. The fourth-order valence-corrected chi connectivity index (χ4v) is 5.25. The molecule has 0 N–H and O–H groups in total. The Bertz CT molecular complexity index is 527. The van der Waals surface area contributed by atoms with E-state index in [0.29, 0.717) is 0 Å². The van der Waals surface area contributed by atoms with Crippen LogP contribution in [0, 0.1) is 0 Å². The molecular formula is C11H18N2OP4. The lowest BCUT2D eigenvalue weighted by molar-refractivity contribution is 0.615. The predicted molar refractivity (Wildman–Crippen MR) is 90.4 cm³/mol. The first-order chi connectivity index (χ1) is 8.69. The molecule has 1 aliphatic rings. The van der Waals surface area contributed by atoms with Crippen molar-refractivity contribution in [2.45, 2.75) is 32.7 Å². The lowest BCUT2D eigenvalue weighted by Crippen LogP contribution is -2.35. The van der Waals surface area contributed by atoms with Gasteiger partial charge in [-0.05, 0) is 18.9 Å². The largest absolute Gasteiger partial charge is 0.292 e. The highest BCUT2D eigenvalue weighted by molar-refractivity contribution is 8.63. The lowest BCUT2D eigenvalue weighted by Gasteiger charge is -2.17. The van der Waals surface area contributed by atoms with E-state index < -0.39 is 7.30 Å². The Labute approximate surface area is 115 Å². The molecule has 3 nitrogen and oxygen atoms in total. The molecular weight excluding hydrogens is 300 g/mol. The Morgan fingerprint density at radius 3 is 3.06 bits per heavy atom. The van der Waals surface area contributed by atoms with E-state index in [9.17, 15) is 4.79 Å². The van der Waals surface area contributed by atoms with Crippen molar-refractivity contribution < 1.29 is 0 Å². The number of nitrogens with zero attached hydrogens (tertiary/aromatic N) is 2. The van der Waals surface area contributed by atoms with Crippen molar-refractivity contribution in [2.24, 2.45) is 0 Å². The number of rotatable bonds is 5. The van der Waals surface area contributed by atoms with Crippen molar-refractivity contribution in [3.8, 4) is 0 Å². The summed E-state index contributed by atoms with van der Waals surface area (Å²) in [7, 11) is 5.95. The summed E-state index contributed by atoms with van der Waals surface area (Å²) in [6, 6.07) is 0. The minimum absolute atomic E-state index is 0.173. The molecule has 0 aliphatic heterocycles. The van der Waals surface area contributed by atoms with E-state index in [1.165, 1.54) is 0 Å². The first-order valence-electron chi connectivity index (χ1n) is 6.00. The quantitative estimate of drug-likeness (QED) is 0.783. The standard InChI is InChI=1S/C11H18N2OP4/c1-2-3-7-13-10(14)8-5-4-6-9(8)12-11(13)18(16)17-15/h4,6,17H,2-3,5,7,15-16H2,1H3. The van der Waals surface area contributed by atoms with Gasteiger partial charge in [0, 0.05) is 19.4 Å². The van der Waals surface area contributed by atoms with Crippen LogP contribution in [0.2, 0.25) is 0 Å². The molecule has 0 amide bonds. The van der Waals surface area contributed by atoms with Gasteiger partial charge in [0.1, 0.15) is 5.57 Å². The SMILES string of the molecule is CCCCn1c(P(P)PP)nc2c(c1=O)CC=C2. The second kappa shape index (κ2) is 6.67. The van der Waals surface area contributed by atoms with E-state index in [2.05, 4.69) is 24.8 Å². The number of unbranched alkanes of at least 4 members (excludes halogenated alkanes) is 1. The second-order valence-electron chi connectivity index (χ2n) is 4.19. The first-order valence-corrected chi connectivity index (χ1v) is 12.6. The smallest absolute Gasteiger partial charge is 0.257 e. The van der Waals surface area contributed by atoms with Crippen LogP contribution in [0.1, 0.15) is 31.0 Å². The minimum Gasteiger partial charge on any atom is -0.292 e. The fraction of sp³-hybridized carbons (Fsp3) is 0.455. The average Bonchev–Trinajstić information content (AvgIpc) is 2.85. The van der Waals surface area contributed by atoms with E-state index in [-0.39, 0.29) is 5.56 Å². The highest BCUT2D eigenvalue weighted by Crippen LogP contribution is 2.64. The molecule has 0 fully saturated rings. The van der Waals surface area contributed by atoms with Crippen LogP contribution in [0.25, 0.3) is 6.08 Å². The van der Waals surface area contributed by atoms with Crippen LogP contribution in [-0.4, -0.2) is 9.55 Å². The van der Waals surface area contributed by atoms with Gasteiger partial charge >= 0.3 is 0 Å². The van der Waals surface area contributed by atoms with E-state index in [4.69, 9.17) is 4.98 Å². The Morgan fingerprint density at radius 2 is 2.39 bits per heavy atom. The van der Waals surface area contributed by atoms with Crippen LogP contribution in [-0.2, 0) is 13.0 Å². The summed E-state index contributed by atoms with van der Waals surface area (Å²) in [5.41, 5.74) is 2.91. The topological polar surface area (TPSA) is 34.9 Å².